The fraction of sp³-hybridized carbons (Fsp3) is 0.650. The van der Waals surface area contributed by atoms with E-state index in [4.69, 9.17) is 4.74 Å². The molecule has 24 heavy (non-hydrogen) atoms. The Labute approximate surface area is 146 Å². The van der Waals surface area contributed by atoms with Crippen LogP contribution in [0.1, 0.15) is 44.7 Å². The summed E-state index contributed by atoms with van der Waals surface area (Å²) in [4.78, 5) is 12.0. The van der Waals surface area contributed by atoms with Gasteiger partial charge in [0.25, 0.3) is 0 Å². The van der Waals surface area contributed by atoms with Crippen molar-refractivity contribution in [3.63, 3.8) is 0 Å². The summed E-state index contributed by atoms with van der Waals surface area (Å²) in [6.45, 7) is 10.0. The molecule has 1 aliphatic heterocycles. The van der Waals surface area contributed by atoms with Gasteiger partial charge in [-0.15, -0.1) is 0 Å². The molecule has 0 radical (unpaired) electrons. The third kappa shape index (κ3) is 5.91. The number of aryl methyl sites for hydroxylation is 1. The van der Waals surface area contributed by atoms with E-state index in [9.17, 15) is 4.79 Å². The number of hydrogen-bond acceptors (Lipinski definition) is 3. The lowest BCUT2D eigenvalue weighted by Crippen LogP contribution is -2.39. The lowest BCUT2D eigenvalue weighted by molar-refractivity contribution is -0.126. The Morgan fingerprint density at radius 3 is 2.71 bits per heavy atom. The first-order valence-electron chi connectivity index (χ1n) is 9.16. The highest BCUT2D eigenvalue weighted by Gasteiger charge is 2.21. The van der Waals surface area contributed by atoms with E-state index in [1.165, 1.54) is 24.0 Å². The number of benzene rings is 1. The molecule has 0 saturated carbocycles. The Kier molecular flexibility index (Phi) is 7.25. The molecule has 0 bridgehead atoms. The third-order valence-corrected chi connectivity index (χ3v) is 4.86. The van der Waals surface area contributed by atoms with Crippen LogP contribution in [0.2, 0.25) is 0 Å². The van der Waals surface area contributed by atoms with Gasteiger partial charge >= 0.3 is 0 Å². The van der Waals surface area contributed by atoms with E-state index in [0.29, 0.717) is 19.1 Å². The monoisotopic (exact) mass is 332 g/mol. The highest BCUT2D eigenvalue weighted by Crippen LogP contribution is 2.22. The zero-order valence-electron chi connectivity index (χ0n) is 15.4. The molecule has 4 nitrogen and oxygen atoms in total. The summed E-state index contributed by atoms with van der Waals surface area (Å²) in [6, 6.07) is 8.66. The van der Waals surface area contributed by atoms with E-state index < -0.39 is 0 Å². The Morgan fingerprint density at radius 1 is 1.33 bits per heavy atom. The molecule has 1 heterocycles. The Morgan fingerprint density at radius 2 is 2.08 bits per heavy atom. The van der Waals surface area contributed by atoms with Crippen LogP contribution in [0.3, 0.4) is 0 Å². The van der Waals surface area contributed by atoms with E-state index in [-0.39, 0.29) is 17.9 Å². The first-order valence-corrected chi connectivity index (χ1v) is 9.16. The van der Waals surface area contributed by atoms with E-state index in [0.717, 1.165) is 19.5 Å². The molecule has 4 heteroatoms. The van der Waals surface area contributed by atoms with Gasteiger partial charge in [-0.1, -0.05) is 45.0 Å². The van der Waals surface area contributed by atoms with Gasteiger partial charge in [-0.05, 0) is 42.9 Å². The fourth-order valence-electron chi connectivity index (χ4n) is 3.05. The average Bonchev–Trinajstić information content (AvgIpc) is 2.61. The second-order valence-electron chi connectivity index (χ2n) is 7.44. The van der Waals surface area contributed by atoms with E-state index in [1.807, 2.05) is 0 Å². The van der Waals surface area contributed by atoms with Crippen molar-refractivity contribution in [3.8, 4) is 0 Å². The average molecular weight is 332 g/mol. The van der Waals surface area contributed by atoms with E-state index in [2.05, 4.69) is 55.7 Å². The summed E-state index contributed by atoms with van der Waals surface area (Å²) in [7, 11) is 0. The topological polar surface area (TPSA) is 50.4 Å². The molecule has 1 aromatic carbocycles. The predicted molar refractivity (Wildman–Crippen MR) is 98.3 cm³/mol. The van der Waals surface area contributed by atoms with Gasteiger partial charge < -0.3 is 15.4 Å². The van der Waals surface area contributed by atoms with Crippen LogP contribution in [-0.2, 0) is 21.4 Å². The zero-order valence-corrected chi connectivity index (χ0v) is 15.4. The van der Waals surface area contributed by atoms with Crippen LogP contribution in [-0.4, -0.2) is 38.8 Å². The maximum Gasteiger partial charge on any atom is 0.246 e. The van der Waals surface area contributed by atoms with Crippen molar-refractivity contribution in [2.75, 3.05) is 32.8 Å². The maximum absolute atomic E-state index is 12.0. The number of hydrogen-bond donors (Lipinski definition) is 2. The standard InChI is InChI=1S/C20H32N2O2/c1-4-16-7-9-18(10-8-16)20(2,3)15-22-19(23)14-24-13-17-6-5-11-21-12-17/h7-10,17,21H,4-6,11-15H2,1-3H3,(H,22,23). The molecule has 1 fully saturated rings. The largest absolute Gasteiger partial charge is 0.371 e. The Bertz CT molecular complexity index is 505. The highest BCUT2D eigenvalue weighted by atomic mass is 16.5. The molecule has 1 atom stereocenters. The first-order chi connectivity index (χ1) is 11.5. The van der Waals surface area contributed by atoms with Gasteiger partial charge in [0.05, 0.1) is 6.61 Å². The summed E-state index contributed by atoms with van der Waals surface area (Å²) in [6.07, 6.45) is 3.44. The van der Waals surface area contributed by atoms with Gasteiger partial charge in [0, 0.05) is 18.5 Å². The van der Waals surface area contributed by atoms with Crippen LogP contribution >= 0.6 is 0 Å². The van der Waals surface area contributed by atoms with Crippen LogP contribution in [0.25, 0.3) is 0 Å². The lowest BCUT2D eigenvalue weighted by Gasteiger charge is -2.26. The fourth-order valence-corrected chi connectivity index (χ4v) is 3.05. The quantitative estimate of drug-likeness (QED) is 0.769. The number of nitrogens with one attached hydrogen (secondary N) is 2. The van der Waals surface area contributed by atoms with Gasteiger partial charge in [0.1, 0.15) is 6.61 Å². The van der Waals surface area contributed by atoms with Gasteiger partial charge in [-0.2, -0.15) is 0 Å². The summed E-state index contributed by atoms with van der Waals surface area (Å²) in [5, 5.41) is 6.37. The Balaban J connectivity index is 1.70. The van der Waals surface area contributed by atoms with Crippen molar-refractivity contribution in [1.82, 2.24) is 10.6 Å². The summed E-state index contributed by atoms with van der Waals surface area (Å²) in [5.41, 5.74) is 2.49. The molecule has 134 valence electrons. The number of piperidine rings is 1. The minimum absolute atomic E-state index is 0.0305. The molecule has 1 amide bonds. The number of carbonyl (C=O) groups excluding carboxylic acids is 1. The van der Waals surface area contributed by atoms with Gasteiger partial charge in [0.15, 0.2) is 0 Å². The first kappa shape index (κ1) is 18.9. The zero-order chi connectivity index (χ0) is 17.4. The lowest BCUT2D eigenvalue weighted by atomic mass is 9.84. The van der Waals surface area contributed by atoms with Gasteiger partial charge in [0.2, 0.25) is 5.91 Å². The highest BCUT2D eigenvalue weighted by molar-refractivity contribution is 5.77. The molecule has 0 aliphatic carbocycles. The van der Waals surface area contributed by atoms with Crippen LogP contribution in [0.15, 0.2) is 24.3 Å². The van der Waals surface area contributed by atoms with E-state index in [1.54, 1.807) is 0 Å². The molecule has 0 aromatic heterocycles. The van der Waals surface area contributed by atoms with Crippen molar-refractivity contribution in [3.05, 3.63) is 35.4 Å². The second kappa shape index (κ2) is 9.19. The molecule has 2 N–H and O–H groups in total. The van der Waals surface area contributed by atoms with Crippen molar-refractivity contribution >= 4 is 5.91 Å². The SMILES string of the molecule is CCc1ccc(C(C)(C)CNC(=O)COCC2CCCNC2)cc1. The van der Waals surface area contributed by atoms with Gasteiger partial charge in [-0.25, -0.2) is 0 Å². The van der Waals surface area contributed by atoms with Crippen molar-refractivity contribution in [2.24, 2.45) is 5.92 Å². The number of ether oxygens (including phenoxy) is 1. The number of carbonyl (C=O) groups is 1. The second-order valence-corrected chi connectivity index (χ2v) is 7.44. The van der Waals surface area contributed by atoms with Crippen molar-refractivity contribution < 1.29 is 9.53 Å². The maximum atomic E-state index is 12.0. The van der Waals surface area contributed by atoms with Gasteiger partial charge in [-0.3, -0.25) is 4.79 Å². The predicted octanol–water partition coefficient (Wildman–Crippen LogP) is 2.66. The molecular weight excluding hydrogens is 300 g/mol. The molecule has 1 saturated heterocycles. The molecule has 1 aromatic rings. The Hall–Kier alpha value is -1.39. The van der Waals surface area contributed by atoms with Crippen LogP contribution in [0.4, 0.5) is 0 Å². The minimum atomic E-state index is -0.0881. The van der Waals surface area contributed by atoms with Crippen molar-refractivity contribution in [2.45, 2.75) is 45.4 Å². The summed E-state index contributed by atoms with van der Waals surface area (Å²) in [5.74, 6) is 0.511. The number of rotatable bonds is 8. The van der Waals surface area contributed by atoms with Crippen LogP contribution in [0.5, 0.6) is 0 Å². The molecule has 1 unspecified atom stereocenters. The van der Waals surface area contributed by atoms with Crippen LogP contribution < -0.4 is 10.6 Å². The molecule has 1 aliphatic rings. The van der Waals surface area contributed by atoms with Crippen LogP contribution in [0, 0.1) is 5.92 Å². The van der Waals surface area contributed by atoms with Crippen molar-refractivity contribution in [1.29, 1.82) is 0 Å². The smallest absolute Gasteiger partial charge is 0.246 e. The molecular formula is C20H32N2O2. The normalized spacial score (nSPS) is 18.4. The summed E-state index contributed by atoms with van der Waals surface area (Å²) >= 11 is 0. The molecule has 0 spiro atoms. The third-order valence-electron chi connectivity index (χ3n) is 4.86. The summed E-state index contributed by atoms with van der Waals surface area (Å²) < 4.78 is 5.58. The molecule has 2 rings (SSSR count). The minimum Gasteiger partial charge on any atom is -0.371 e. The van der Waals surface area contributed by atoms with E-state index >= 15 is 0 Å². The number of amides is 1.